The third-order valence-corrected chi connectivity index (χ3v) is 2.64. The molecule has 0 unspecified atom stereocenters. The highest BCUT2D eigenvalue weighted by Crippen LogP contribution is 2.18. The van der Waals surface area contributed by atoms with Crippen molar-refractivity contribution in [2.75, 3.05) is 7.11 Å². The molecule has 0 aliphatic heterocycles. The number of aryl methyl sites for hydroxylation is 1. The fourth-order valence-corrected chi connectivity index (χ4v) is 1.70. The Kier molecular flexibility index (Phi) is 3.15. The summed E-state index contributed by atoms with van der Waals surface area (Å²) >= 11 is 5.85. The molecule has 0 fully saturated rings. The Hall–Kier alpha value is -1.81. The van der Waals surface area contributed by atoms with E-state index in [0.29, 0.717) is 10.7 Å². The van der Waals surface area contributed by atoms with Gasteiger partial charge in [-0.2, -0.15) is 0 Å². The van der Waals surface area contributed by atoms with E-state index in [-0.39, 0.29) is 5.97 Å². The van der Waals surface area contributed by atoms with E-state index < -0.39 is 0 Å². The van der Waals surface area contributed by atoms with E-state index in [1.165, 1.54) is 7.11 Å². The van der Waals surface area contributed by atoms with Crippen LogP contribution in [0.5, 0.6) is 0 Å². The quantitative estimate of drug-likeness (QED) is 0.608. The Morgan fingerprint density at radius 1 is 1.53 bits per heavy atom. The number of esters is 1. The van der Waals surface area contributed by atoms with Gasteiger partial charge in [0.2, 0.25) is 0 Å². The van der Waals surface area contributed by atoms with E-state index in [2.05, 4.69) is 9.72 Å². The molecule has 0 spiro atoms. The molecule has 0 saturated heterocycles. The molecule has 17 heavy (non-hydrogen) atoms. The van der Waals surface area contributed by atoms with E-state index in [0.717, 1.165) is 11.3 Å². The zero-order valence-corrected chi connectivity index (χ0v) is 10.2. The van der Waals surface area contributed by atoms with Gasteiger partial charge in [0.25, 0.3) is 0 Å². The molecule has 0 bridgehead atoms. The third kappa shape index (κ3) is 2.31. The molecule has 2 aromatic rings. The van der Waals surface area contributed by atoms with Gasteiger partial charge in [0, 0.05) is 18.6 Å². The molecular formula is C12H11ClN2O2. The first-order chi connectivity index (χ1) is 8.11. The van der Waals surface area contributed by atoms with Gasteiger partial charge < -0.3 is 9.30 Å². The summed E-state index contributed by atoms with van der Waals surface area (Å²) in [5, 5.41) is 0.416. The second-order valence-corrected chi connectivity index (χ2v) is 3.98. The molecule has 88 valence electrons. The lowest BCUT2D eigenvalue weighted by atomic mass is 10.2. The van der Waals surface area contributed by atoms with Crippen LogP contribution in [0, 0.1) is 6.92 Å². The van der Waals surface area contributed by atoms with Crippen molar-refractivity contribution in [1.82, 2.24) is 9.55 Å². The zero-order valence-electron chi connectivity index (χ0n) is 9.48. The van der Waals surface area contributed by atoms with Gasteiger partial charge in [-0.25, -0.2) is 9.78 Å². The Morgan fingerprint density at radius 3 is 3.00 bits per heavy atom. The van der Waals surface area contributed by atoms with Gasteiger partial charge in [-0.3, -0.25) is 0 Å². The second-order valence-electron chi connectivity index (χ2n) is 3.59. The maximum Gasteiger partial charge on any atom is 0.339 e. The predicted octanol–water partition coefficient (Wildman–Crippen LogP) is 2.62. The van der Waals surface area contributed by atoms with Crippen LogP contribution in [0.1, 0.15) is 15.9 Å². The van der Waals surface area contributed by atoms with Crippen LogP contribution in [0.25, 0.3) is 5.69 Å². The third-order valence-electron chi connectivity index (χ3n) is 2.43. The fourth-order valence-electron chi connectivity index (χ4n) is 1.55. The highest BCUT2D eigenvalue weighted by Gasteiger charge is 2.09. The molecule has 0 aromatic carbocycles. The average Bonchev–Trinajstić information content (AvgIpc) is 2.80. The Labute approximate surface area is 104 Å². The number of hydrogen-bond acceptors (Lipinski definition) is 3. The lowest BCUT2D eigenvalue weighted by Gasteiger charge is -2.06. The van der Waals surface area contributed by atoms with Crippen molar-refractivity contribution in [2.24, 2.45) is 0 Å². The molecule has 4 nitrogen and oxygen atoms in total. The van der Waals surface area contributed by atoms with Crippen LogP contribution in [0.2, 0.25) is 5.15 Å². The number of ether oxygens (including phenoxy) is 1. The summed E-state index contributed by atoms with van der Waals surface area (Å²) in [5.41, 5.74) is 2.36. The number of pyridine rings is 1. The summed E-state index contributed by atoms with van der Waals surface area (Å²) in [6.07, 6.45) is 5.17. The van der Waals surface area contributed by atoms with Crippen molar-refractivity contribution in [3.05, 3.63) is 47.0 Å². The highest BCUT2D eigenvalue weighted by molar-refractivity contribution is 6.29. The lowest BCUT2D eigenvalue weighted by Crippen LogP contribution is -2.00. The van der Waals surface area contributed by atoms with E-state index in [1.807, 2.05) is 11.5 Å². The molecule has 0 amide bonds. The van der Waals surface area contributed by atoms with Crippen LogP contribution in [0.4, 0.5) is 0 Å². The SMILES string of the molecule is COC(=O)c1ccn(-c2cc(Cl)ncc2C)c1. The van der Waals surface area contributed by atoms with Crippen molar-refractivity contribution in [3.63, 3.8) is 0 Å². The van der Waals surface area contributed by atoms with Crippen molar-refractivity contribution < 1.29 is 9.53 Å². The summed E-state index contributed by atoms with van der Waals surface area (Å²) < 4.78 is 6.46. The van der Waals surface area contributed by atoms with Crippen molar-refractivity contribution in [3.8, 4) is 5.69 Å². The van der Waals surface area contributed by atoms with Gasteiger partial charge in [-0.05, 0) is 24.6 Å². The molecule has 0 saturated carbocycles. The summed E-state index contributed by atoms with van der Waals surface area (Å²) in [7, 11) is 1.36. The predicted molar refractivity (Wildman–Crippen MR) is 64.7 cm³/mol. The van der Waals surface area contributed by atoms with Gasteiger partial charge in [0.1, 0.15) is 5.15 Å². The molecule has 2 heterocycles. The molecule has 0 atom stereocenters. The first kappa shape index (κ1) is 11.7. The van der Waals surface area contributed by atoms with Gasteiger partial charge in [0.05, 0.1) is 18.4 Å². The molecule has 0 radical (unpaired) electrons. The minimum atomic E-state index is -0.360. The van der Waals surface area contributed by atoms with E-state index >= 15 is 0 Å². The number of halogens is 1. The monoisotopic (exact) mass is 250 g/mol. The van der Waals surface area contributed by atoms with Crippen LogP contribution in [-0.2, 0) is 4.74 Å². The smallest absolute Gasteiger partial charge is 0.339 e. The first-order valence-electron chi connectivity index (χ1n) is 5.00. The van der Waals surface area contributed by atoms with Crippen LogP contribution < -0.4 is 0 Å². The number of carbonyl (C=O) groups excluding carboxylic acids is 1. The molecule has 0 aliphatic carbocycles. The number of nitrogens with zero attached hydrogens (tertiary/aromatic N) is 2. The summed E-state index contributed by atoms with van der Waals surface area (Å²) in [5.74, 6) is -0.360. The standard InChI is InChI=1S/C12H11ClN2O2/c1-8-6-14-11(13)5-10(8)15-4-3-9(7-15)12(16)17-2/h3-7H,1-2H3. The van der Waals surface area contributed by atoms with Gasteiger partial charge in [-0.15, -0.1) is 0 Å². The zero-order chi connectivity index (χ0) is 12.4. The number of methoxy groups -OCH3 is 1. The number of aromatic nitrogens is 2. The normalized spacial score (nSPS) is 10.3. The van der Waals surface area contributed by atoms with Crippen molar-refractivity contribution in [1.29, 1.82) is 0 Å². The summed E-state index contributed by atoms with van der Waals surface area (Å²) in [6, 6.07) is 3.44. The molecule has 0 aliphatic rings. The number of hydrogen-bond donors (Lipinski definition) is 0. The minimum absolute atomic E-state index is 0.360. The fraction of sp³-hybridized carbons (Fsp3) is 0.167. The van der Waals surface area contributed by atoms with E-state index in [4.69, 9.17) is 11.6 Å². The lowest BCUT2D eigenvalue weighted by molar-refractivity contribution is 0.0601. The maximum atomic E-state index is 11.3. The molecule has 0 N–H and O–H groups in total. The molecule has 2 rings (SSSR count). The largest absolute Gasteiger partial charge is 0.465 e. The second kappa shape index (κ2) is 4.59. The van der Waals surface area contributed by atoms with Crippen LogP contribution >= 0.6 is 11.6 Å². The van der Waals surface area contributed by atoms with Crippen LogP contribution in [0.3, 0.4) is 0 Å². The van der Waals surface area contributed by atoms with E-state index in [9.17, 15) is 4.79 Å². The molecule has 5 heteroatoms. The molecular weight excluding hydrogens is 240 g/mol. The van der Waals surface area contributed by atoms with E-state index in [1.54, 1.807) is 30.7 Å². The van der Waals surface area contributed by atoms with Crippen molar-refractivity contribution >= 4 is 17.6 Å². The van der Waals surface area contributed by atoms with Gasteiger partial charge >= 0.3 is 5.97 Å². The van der Waals surface area contributed by atoms with Crippen LogP contribution in [-0.4, -0.2) is 22.6 Å². The average molecular weight is 251 g/mol. The van der Waals surface area contributed by atoms with Gasteiger partial charge in [0.15, 0.2) is 0 Å². The summed E-state index contributed by atoms with van der Waals surface area (Å²) in [4.78, 5) is 15.3. The minimum Gasteiger partial charge on any atom is -0.465 e. The topological polar surface area (TPSA) is 44.1 Å². The first-order valence-corrected chi connectivity index (χ1v) is 5.38. The molecule has 2 aromatic heterocycles. The Balaban J connectivity index is 2.43. The number of carbonyl (C=O) groups is 1. The maximum absolute atomic E-state index is 11.3. The highest BCUT2D eigenvalue weighted by atomic mass is 35.5. The number of rotatable bonds is 2. The van der Waals surface area contributed by atoms with Crippen molar-refractivity contribution in [2.45, 2.75) is 6.92 Å². The summed E-state index contributed by atoms with van der Waals surface area (Å²) in [6.45, 7) is 1.93. The Bertz CT molecular complexity index is 563. The van der Waals surface area contributed by atoms with Gasteiger partial charge in [-0.1, -0.05) is 11.6 Å². The Morgan fingerprint density at radius 2 is 2.29 bits per heavy atom. The van der Waals surface area contributed by atoms with Crippen LogP contribution in [0.15, 0.2) is 30.7 Å².